The second kappa shape index (κ2) is 5.73. The molecule has 2 rings (SSSR count). The molecule has 0 radical (unpaired) electrons. The maximum atomic E-state index is 11.8. The lowest BCUT2D eigenvalue weighted by Gasteiger charge is -2.12. The molecule has 19 heavy (non-hydrogen) atoms. The van der Waals surface area contributed by atoms with Gasteiger partial charge in [0.2, 0.25) is 11.8 Å². The Morgan fingerprint density at radius 3 is 2.89 bits per heavy atom. The molecule has 0 spiro atoms. The Kier molecular flexibility index (Phi) is 4.04. The lowest BCUT2D eigenvalue weighted by atomic mass is 10.1. The fourth-order valence-electron chi connectivity index (χ4n) is 2.17. The van der Waals surface area contributed by atoms with Gasteiger partial charge in [-0.3, -0.25) is 9.59 Å². The Hall–Kier alpha value is -2.04. The molecule has 1 unspecified atom stereocenters. The minimum atomic E-state index is -0.383. The zero-order valence-electron chi connectivity index (χ0n) is 11.2. The number of hydrogen-bond acceptors (Lipinski definition) is 3. The zero-order chi connectivity index (χ0) is 13.8. The van der Waals surface area contributed by atoms with E-state index in [1.165, 1.54) is 0 Å². The van der Waals surface area contributed by atoms with E-state index in [0.29, 0.717) is 19.4 Å². The molecule has 1 aromatic carbocycles. The van der Waals surface area contributed by atoms with Crippen molar-refractivity contribution < 1.29 is 14.3 Å². The van der Waals surface area contributed by atoms with E-state index in [1.807, 2.05) is 25.1 Å². The summed E-state index contributed by atoms with van der Waals surface area (Å²) in [5.74, 6) is 0.651. The number of benzene rings is 1. The molecular weight excluding hydrogens is 244 g/mol. The van der Waals surface area contributed by atoms with Gasteiger partial charge in [0, 0.05) is 13.0 Å². The van der Waals surface area contributed by atoms with Gasteiger partial charge in [-0.15, -0.1) is 0 Å². The third-order valence-corrected chi connectivity index (χ3v) is 3.24. The summed E-state index contributed by atoms with van der Waals surface area (Å²) in [6.07, 6.45) is 1.01. The van der Waals surface area contributed by atoms with Gasteiger partial charge in [-0.1, -0.05) is 12.1 Å². The molecule has 2 N–H and O–H groups in total. The highest BCUT2D eigenvalue weighted by Gasteiger charge is 2.26. The van der Waals surface area contributed by atoms with Crippen LogP contribution < -0.4 is 15.4 Å². The van der Waals surface area contributed by atoms with E-state index >= 15 is 0 Å². The quantitative estimate of drug-likeness (QED) is 0.847. The van der Waals surface area contributed by atoms with Crippen molar-refractivity contribution in [3.63, 3.8) is 0 Å². The van der Waals surface area contributed by atoms with Gasteiger partial charge >= 0.3 is 0 Å². The topological polar surface area (TPSA) is 67.4 Å². The summed E-state index contributed by atoms with van der Waals surface area (Å²) < 4.78 is 5.18. The van der Waals surface area contributed by atoms with E-state index in [0.717, 1.165) is 16.9 Å². The lowest BCUT2D eigenvalue weighted by molar-refractivity contribution is -0.125. The molecule has 5 nitrogen and oxygen atoms in total. The molecule has 1 fully saturated rings. The first kappa shape index (κ1) is 13.4. The van der Waals surface area contributed by atoms with Crippen LogP contribution in [0, 0.1) is 6.92 Å². The van der Waals surface area contributed by atoms with Gasteiger partial charge in [-0.05, 0) is 30.5 Å². The summed E-state index contributed by atoms with van der Waals surface area (Å²) in [7, 11) is 1.63. The Morgan fingerprint density at radius 1 is 1.53 bits per heavy atom. The van der Waals surface area contributed by atoms with E-state index in [-0.39, 0.29) is 17.9 Å². The molecule has 1 atom stereocenters. The Morgan fingerprint density at radius 2 is 2.32 bits per heavy atom. The molecule has 0 aromatic heterocycles. The second-order valence-corrected chi connectivity index (χ2v) is 4.68. The largest absolute Gasteiger partial charge is 0.496 e. The highest BCUT2D eigenvalue weighted by molar-refractivity contribution is 5.90. The number of amides is 2. The van der Waals surface area contributed by atoms with Crippen molar-refractivity contribution >= 4 is 11.8 Å². The predicted octanol–water partition coefficient (Wildman–Crippen LogP) is 0.898. The summed E-state index contributed by atoms with van der Waals surface area (Å²) in [6, 6.07) is 5.40. The number of rotatable bonds is 4. The molecule has 5 heteroatoms. The standard InChI is InChI=1S/C14H18N2O3/c1-9-7-10(3-5-12(9)19-2)8-15-14(18)11-4-6-13(17)16-11/h3,5,7,11H,4,6,8H2,1-2H3,(H,15,18)(H,16,17). The predicted molar refractivity (Wildman–Crippen MR) is 70.7 cm³/mol. The minimum Gasteiger partial charge on any atom is -0.496 e. The van der Waals surface area contributed by atoms with Crippen LogP contribution in [0.3, 0.4) is 0 Å². The summed E-state index contributed by atoms with van der Waals surface area (Å²) in [6.45, 7) is 2.41. The van der Waals surface area contributed by atoms with Crippen LogP contribution in [0.2, 0.25) is 0 Å². The number of carbonyl (C=O) groups is 2. The summed E-state index contributed by atoms with van der Waals surface area (Å²) in [4.78, 5) is 22.9. The molecule has 1 aliphatic heterocycles. The van der Waals surface area contributed by atoms with Crippen LogP contribution in [0.1, 0.15) is 24.0 Å². The zero-order valence-corrected chi connectivity index (χ0v) is 11.2. The monoisotopic (exact) mass is 262 g/mol. The van der Waals surface area contributed by atoms with Crippen LogP contribution in [0.15, 0.2) is 18.2 Å². The second-order valence-electron chi connectivity index (χ2n) is 4.68. The third-order valence-electron chi connectivity index (χ3n) is 3.24. The van der Waals surface area contributed by atoms with Crippen molar-refractivity contribution in [3.05, 3.63) is 29.3 Å². The summed E-state index contributed by atoms with van der Waals surface area (Å²) in [5.41, 5.74) is 2.04. The fraction of sp³-hybridized carbons (Fsp3) is 0.429. The number of nitrogens with one attached hydrogen (secondary N) is 2. The van der Waals surface area contributed by atoms with E-state index in [9.17, 15) is 9.59 Å². The summed E-state index contributed by atoms with van der Waals surface area (Å²) in [5, 5.41) is 5.48. The molecule has 1 aromatic rings. The maximum Gasteiger partial charge on any atom is 0.242 e. The van der Waals surface area contributed by atoms with Crippen molar-refractivity contribution in [1.82, 2.24) is 10.6 Å². The van der Waals surface area contributed by atoms with Crippen molar-refractivity contribution in [3.8, 4) is 5.75 Å². The smallest absolute Gasteiger partial charge is 0.242 e. The first-order chi connectivity index (χ1) is 9.10. The SMILES string of the molecule is COc1ccc(CNC(=O)C2CCC(=O)N2)cc1C. The van der Waals surface area contributed by atoms with Gasteiger partial charge in [0.1, 0.15) is 11.8 Å². The maximum absolute atomic E-state index is 11.8. The molecule has 102 valence electrons. The highest BCUT2D eigenvalue weighted by Crippen LogP contribution is 2.18. The Bertz CT molecular complexity index is 499. The van der Waals surface area contributed by atoms with Crippen molar-refractivity contribution in [2.75, 3.05) is 7.11 Å². The minimum absolute atomic E-state index is 0.0551. The normalized spacial score (nSPS) is 18.0. The van der Waals surface area contributed by atoms with Crippen LogP contribution in [-0.2, 0) is 16.1 Å². The summed E-state index contributed by atoms with van der Waals surface area (Å²) >= 11 is 0. The molecule has 1 aliphatic rings. The van der Waals surface area contributed by atoms with Gasteiger partial charge < -0.3 is 15.4 Å². The van der Waals surface area contributed by atoms with Gasteiger partial charge in [0.05, 0.1) is 7.11 Å². The molecule has 0 saturated carbocycles. The van der Waals surface area contributed by atoms with Crippen molar-refractivity contribution in [2.45, 2.75) is 32.4 Å². The van der Waals surface area contributed by atoms with Crippen LogP contribution in [0.25, 0.3) is 0 Å². The molecule has 2 amide bonds. The number of hydrogen-bond donors (Lipinski definition) is 2. The molecule has 0 aliphatic carbocycles. The average molecular weight is 262 g/mol. The fourth-order valence-corrected chi connectivity index (χ4v) is 2.17. The molecule has 1 saturated heterocycles. The van der Waals surface area contributed by atoms with Crippen LogP contribution in [-0.4, -0.2) is 25.0 Å². The van der Waals surface area contributed by atoms with Gasteiger partial charge in [0.15, 0.2) is 0 Å². The van der Waals surface area contributed by atoms with Crippen molar-refractivity contribution in [1.29, 1.82) is 0 Å². The number of carbonyl (C=O) groups excluding carboxylic acids is 2. The molecule has 0 bridgehead atoms. The average Bonchev–Trinajstić information content (AvgIpc) is 2.83. The van der Waals surface area contributed by atoms with Gasteiger partial charge in [0.25, 0.3) is 0 Å². The van der Waals surface area contributed by atoms with E-state index in [4.69, 9.17) is 4.74 Å². The first-order valence-corrected chi connectivity index (χ1v) is 6.30. The first-order valence-electron chi connectivity index (χ1n) is 6.30. The number of ether oxygens (including phenoxy) is 1. The van der Waals surface area contributed by atoms with Crippen LogP contribution in [0.4, 0.5) is 0 Å². The third kappa shape index (κ3) is 3.24. The Balaban J connectivity index is 1.90. The van der Waals surface area contributed by atoms with E-state index in [1.54, 1.807) is 7.11 Å². The highest BCUT2D eigenvalue weighted by atomic mass is 16.5. The van der Waals surface area contributed by atoms with Crippen molar-refractivity contribution in [2.24, 2.45) is 0 Å². The van der Waals surface area contributed by atoms with E-state index < -0.39 is 0 Å². The van der Waals surface area contributed by atoms with Crippen LogP contribution in [0.5, 0.6) is 5.75 Å². The lowest BCUT2D eigenvalue weighted by Crippen LogP contribution is -2.41. The Labute approximate surface area is 112 Å². The molecular formula is C14H18N2O3. The number of aryl methyl sites for hydroxylation is 1. The van der Waals surface area contributed by atoms with Crippen LogP contribution >= 0.6 is 0 Å². The van der Waals surface area contributed by atoms with E-state index in [2.05, 4.69) is 10.6 Å². The van der Waals surface area contributed by atoms with Gasteiger partial charge in [-0.2, -0.15) is 0 Å². The van der Waals surface area contributed by atoms with Gasteiger partial charge in [-0.25, -0.2) is 0 Å². The number of methoxy groups -OCH3 is 1. The molecule has 1 heterocycles.